The van der Waals surface area contributed by atoms with Gasteiger partial charge < -0.3 is 5.32 Å². The highest BCUT2D eigenvalue weighted by Crippen LogP contribution is 2.31. The Labute approximate surface area is 237 Å². The number of aromatic nitrogens is 1. The molecule has 0 unspecified atom stereocenters. The van der Waals surface area contributed by atoms with E-state index in [1.807, 2.05) is 0 Å². The lowest BCUT2D eigenvalue weighted by Gasteiger charge is -2.35. The molecule has 1 aromatic heterocycles. The Balaban J connectivity index is 1.54. The Morgan fingerprint density at radius 2 is 1.73 bits per heavy atom. The smallest absolute Gasteiger partial charge is 0.214 e. The first-order valence-electron chi connectivity index (χ1n) is 13.6. The number of Topliss-reactive ketones (excluding diaryl/α,β-unsaturated/α-hetero) is 1. The number of sulfonamides is 1. The third-order valence-electron chi connectivity index (χ3n) is 7.32. The van der Waals surface area contributed by atoms with Crippen LogP contribution in [0.2, 0.25) is 0 Å². The lowest BCUT2D eigenvalue weighted by atomic mass is 9.85. The van der Waals surface area contributed by atoms with Crippen molar-refractivity contribution in [1.29, 1.82) is 0 Å². The minimum absolute atomic E-state index is 0.0390. The van der Waals surface area contributed by atoms with Gasteiger partial charge in [0, 0.05) is 56.7 Å². The molecule has 4 rings (SSSR count). The average Bonchev–Trinajstić information content (AvgIpc) is 2.91. The summed E-state index contributed by atoms with van der Waals surface area (Å²) in [4.78, 5) is 17.2. The maximum atomic E-state index is 15.0. The fraction of sp³-hybridized carbons (Fsp3) is 0.400. The van der Waals surface area contributed by atoms with Gasteiger partial charge >= 0.3 is 0 Å². The number of benzene rings is 2. The second kappa shape index (κ2) is 13.7. The molecular formula is C30H33F4N3O3S. The summed E-state index contributed by atoms with van der Waals surface area (Å²) in [5.41, 5.74) is 1.37. The molecule has 220 valence electrons. The van der Waals surface area contributed by atoms with E-state index in [2.05, 4.69) is 10.3 Å². The third-order valence-corrected chi connectivity index (χ3v) is 9.44. The van der Waals surface area contributed by atoms with Crippen molar-refractivity contribution in [2.45, 2.75) is 51.0 Å². The molecule has 0 bridgehead atoms. The summed E-state index contributed by atoms with van der Waals surface area (Å²) < 4.78 is 83.7. The summed E-state index contributed by atoms with van der Waals surface area (Å²) in [5.74, 6) is -3.74. The molecule has 2 atom stereocenters. The Hall–Kier alpha value is -3.15. The summed E-state index contributed by atoms with van der Waals surface area (Å²) in [6.07, 6.45) is 3.15. The van der Waals surface area contributed by atoms with Gasteiger partial charge in [-0.25, -0.2) is 26.0 Å². The van der Waals surface area contributed by atoms with E-state index in [1.54, 1.807) is 6.92 Å². The van der Waals surface area contributed by atoms with Crippen molar-refractivity contribution in [1.82, 2.24) is 14.6 Å². The van der Waals surface area contributed by atoms with E-state index in [4.69, 9.17) is 0 Å². The number of carbonyl (C=O) groups is 1. The van der Waals surface area contributed by atoms with E-state index in [9.17, 15) is 30.8 Å². The highest BCUT2D eigenvalue weighted by Gasteiger charge is 2.32. The van der Waals surface area contributed by atoms with Gasteiger partial charge in [-0.15, -0.1) is 0 Å². The van der Waals surface area contributed by atoms with Gasteiger partial charge in [0.1, 0.15) is 29.1 Å². The molecule has 0 aliphatic carbocycles. The van der Waals surface area contributed by atoms with Gasteiger partial charge in [0.25, 0.3) is 0 Å². The molecule has 0 amide bonds. The zero-order valence-electron chi connectivity index (χ0n) is 22.8. The molecule has 3 aromatic rings. The normalized spacial score (nSPS) is 17.0. The Morgan fingerprint density at radius 3 is 2.41 bits per heavy atom. The molecule has 1 saturated heterocycles. The van der Waals surface area contributed by atoms with Crippen LogP contribution in [0.5, 0.6) is 0 Å². The molecule has 0 saturated carbocycles. The molecule has 1 N–H and O–H groups in total. The number of halogens is 4. The number of hydrogen-bond donors (Lipinski definition) is 1. The van der Waals surface area contributed by atoms with Crippen LogP contribution in [-0.4, -0.2) is 54.9 Å². The van der Waals surface area contributed by atoms with Crippen LogP contribution in [-0.2, 0) is 27.7 Å². The summed E-state index contributed by atoms with van der Waals surface area (Å²) in [6, 6.07) is 7.98. The van der Waals surface area contributed by atoms with E-state index in [1.165, 1.54) is 34.8 Å². The third kappa shape index (κ3) is 7.99. The van der Waals surface area contributed by atoms with Crippen molar-refractivity contribution >= 4 is 15.8 Å². The van der Waals surface area contributed by atoms with Gasteiger partial charge in [-0.05, 0) is 65.8 Å². The van der Waals surface area contributed by atoms with Crippen molar-refractivity contribution in [3.63, 3.8) is 0 Å². The minimum Gasteiger partial charge on any atom is -0.314 e. The number of nitrogens with one attached hydrogen (secondary N) is 1. The summed E-state index contributed by atoms with van der Waals surface area (Å²) in [5, 5.41) is 3.20. The van der Waals surface area contributed by atoms with Gasteiger partial charge in [0.05, 0.1) is 11.9 Å². The lowest BCUT2D eigenvalue weighted by Crippen LogP contribution is -2.54. The number of hydrogen-bond acceptors (Lipinski definition) is 5. The van der Waals surface area contributed by atoms with Gasteiger partial charge in [0.2, 0.25) is 10.0 Å². The van der Waals surface area contributed by atoms with Crippen LogP contribution in [0.1, 0.15) is 54.4 Å². The monoisotopic (exact) mass is 591 g/mol. The first-order valence-corrected chi connectivity index (χ1v) is 15.2. The van der Waals surface area contributed by atoms with Crippen molar-refractivity contribution in [2.24, 2.45) is 0 Å². The number of ketones is 1. The number of carbonyl (C=O) groups excluding carboxylic acids is 1. The molecule has 41 heavy (non-hydrogen) atoms. The SMILES string of the molecule is CCCS(=O)(=O)N1CCNC[C@@H]1CCc1c(F)cncc1CC(=O)C[C@@H](c1ccc(F)cc1)c1cc(F)cc(F)c1. The molecule has 2 heterocycles. The Kier molecular flexibility index (Phi) is 10.3. The molecular weight excluding hydrogens is 558 g/mol. The van der Waals surface area contributed by atoms with Crippen molar-refractivity contribution < 1.29 is 30.8 Å². The van der Waals surface area contributed by atoms with Crippen LogP contribution in [0.4, 0.5) is 17.6 Å². The van der Waals surface area contributed by atoms with Crippen molar-refractivity contribution in [2.75, 3.05) is 25.4 Å². The standard InChI is InChI=1S/C30H33F4N3O3S/c1-2-11-41(39,40)37-10-9-35-18-26(37)7-8-28-22(17-36-19-30(28)34)14-27(38)16-29(20-3-5-23(31)6-4-20)21-12-24(32)15-25(33)13-21/h3-6,12-13,15,17,19,26,29,35H,2,7-11,14,16,18H2,1H3/t26-,29-/m0/s1. The second-order valence-electron chi connectivity index (χ2n) is 10.3. The number of rotatable bonds is 12. The quantitative estimate of drug-likeness (QED) is 0.303. The molecule has 2 aromatic carbocycles. The van der Waals surface area contributed by atoms with E-state index >= 15 is 0 Å². The van der Waals surface area contributed by atoms with E-state index < -0.39 is 39.2 Å². The van der Waals surface area contributed by atoms with Crippen LogP contribution >= 0.6 is 0 Å². The van der Waals surface area contributed by atoms with Crippen LogP contribution in [0.3, 0.4) is 0 Å². The van der Waals surface area contributed by atoms with Gasteiger partial charge in [0.15, 0.2) is 0 Å². The average molecular weight is 592 g/mol. The van der Waals surface area contributed by atoms with Crippen LogP contribution in [0.15, 0.2) is 54.9 Å². The molecule has 11 heteroatoms. The Morgan fingerprint density at radius 1 is 1.02 bits per heavy atom. The molecule has 0 radical (unpaired) electrons. The first kappa shape index (κ1) is 30.8. The van der Waals surface area contributed by atoms with Crippen LogP contribution in [0, 0.1) is 23.3 Å². The first-order chi connectivity index (χ1) is 19.6. The maximum Gasteiger partial charge on any atom is 0.214 e. The molecule has 1 aliphatic rings. The molecule has 0 spiro atoms. The predicted molar refractivity (Wildman–Crippen MR) is 148 cm³/mol. The topological polar surface area (TPSA) is 79.4 Å². The Bertz CT molecular complexity index is 1450. The van der Waals surface area contributed by atoms with Crippen LogP contribution < -0.4 is 5.32 Å². The minimum atomic E-state index is -3.45. The summed E-state index contributed by atoms with van der Waals surface area (Å²) in [6.45, 7) is 3.11. The van der Waals surface area contributed by atoms with Gasteiger partial charge in [-0.3, -0.25) is 9.78 Å². The lowest BCUT2D eigenvalue weighted by molar-refractivity contribution is -0.118. The van der Waals surface area contributed by atoms with Gasteiger partial charge in [-0.2, -0.15) is 4.31 Å². The fourth-order valence-corrected chi connectivity index (χ4v) is 7.14. The fourth-order valence-electron chi connectivity index (χ4n) is 5.39. The van der Waals surface area contributed by atoms with E-state index in [-0.39, 0.29) is 48.0 Å². The maximum absolute atomic E-state index is 15.0. The highest BCUT2D eigenvalue weighted by molar-refractivity contribution is 7.89. The van der Waals surface area contributed by atoms with Crippen LogP contribution in [0.25, 0.3) is 0 Å². The molecule has 1 aliphatic heterocycles. The predicted octanol–water partition coefficient (Wildman–Crippen LogP) is 4.92. The van der Waals surface area contributed by atoms with Gasteiger partial charge in [-0.1, -0.05) is 19.1 Å². The zero-order valence-corrected chi connectivity index (χ0v) is 23.6. The van der Waals surface area contributed by atoms with Crippen molar-refractivity contribution in [3.05, 3.63) is 100 Å². The largest absolute Gasteiger partial charge is 0.314 e. The summed E-state index contributed by atoms with van der Waals surface area (Å²) in [7, 11) is -3.45. The van der Waals surface area contributed by atoms with E-state index in [0.29, 0.717) is 43.6 Å². The highest BCUT2D eigenvalue weighted by atomic mass is 32.2. The molecule has 6 nitrogen and oxygen atoms in total. The number of pyridine rings is 1. The van der Waals surface area contributed by atoms with E-state index in [0.717, 1.165) is 24.4 Å². The summed E-state index contributed by atoms with van der Waals surface area (Å²) >= 11 is 0. The molecule has 1 fully saturated rings. The van der Waals surface area contributed by atoms with Crippen molar-refractivity contribution in [3.8, 4) is 0 Å². The number of piperazine rings is 1. The second-order valence-corrected chi connectivity index (χ2v) is 12.3. The number of nitrogens with zero attached hydrogens (tertiary/aromatic N) is 2. The zero-order chi connectivity index (χ0) is 29.6.